The van der Waals surface area contributed by atoms with E-state index in [1.165, 1.54) is 6.07 Å². The van der Waals surface area contributed by atoms with E-state index in [4.69, 9.17) is 21.6 Å². The second kappa shape index (κ2) is 5.29. The number of halogens is 1. The van der Waals surface area contributed by atoms with Gasteiger partial charge in [0.1, 0.15) is 10.9 Å². The van der Waals surface area contributed by atoms with E-state index < -0.39 is 0 Å². The first-order valence-corrected chi connectivity index (χ1v) is 6.21. The molecule has 0 N–H and O–H groups in total. The number of aryl methyl sites for hydroxylation is 2. The Labute approximate surface area is 117 Å². The van der Waals surface area contributed by atoms with Crippen LogP contribution in [0.2, 0.25) is 5.15 Å². The van der Waals surface area contributed by atoms with Crippen LogP contribution in [0.25, 0.3) is 0 Å². The Morgan fingerprint density at radius 1 is 1.16 bits per heavy atom. The molecule has 0 fully saturated rings. The zero-order chi connectivity index (χ0) is 14.0. The highest BCUT2D eigenvalue weighted by atomic mass is 35.5. The molecule has 0 amide bonds. The van der Waals surface area contributed by atoms with Gasteiger partial charge in [-0.05, 0) is 49.6 Å². The lowest BCUT2D eigenvalue weighted by Crippen LogP contribution is -1.94. The lowest BCUT2D eigenvalue weighted by Gasteiger charge is -2.11. The van der Waals surface area contributed by atoms with Gasteiger partial charge in [0.2, 0.25) is 5.88 Å². The van der Waals surface area contributed by atoms with Crippen LogP contribution in [-0.2, 0) is 0 Å². The van der Waals surface area contributed by atoms with Crippen LogP contribution < -0.4 is 4.74 Å². The molecule has 0 saturated carbocycles. The van der Waals surface area contributed by atoms with E-state index in [9.17, 15) is 0 Å². The van der Waals surface area contributed by atoms with Gasteiger partial charge in [0.25, 0.3) is 0 Å². The number of nitriles is 1. The summed E-state index contributed by atoms with van der Waals surface area (Å²) in [4.78, 5) is 4.07. The zero-order valence-electron chi connectivity index (χ0n) is 11.0. The van der Waals surface area contributed by atoms with Crippen LogP contribution in [-0.4, -0.2) is 4.98 Å². The van der Waals surface area contributed by atoms with Gasteiger partial charge in [0.15, 0.2) is 0 Å². The highest BCUT2D eigenvalue weighted by Gasteiger charge is 2.08. The Hall–Kier alpha value is -2.05. The quantitative estimate of drug-likeness (QED) is 0.765. The minimum atomic E-state index is 0.246. The molecule has 0 bridgehead atoms. The van der Waals surface area contributed by atoms with Gasteiger partial charge < -0.3 is 4.74 Å². The molecule has 0 spiro atoms. The van der Waals surface area contributed by atoms with Crippen molar-refractivity contribution in [1.82, 2.24) is 4.98 Å². The van der Waals surface area contributed by atoms with E-state index in [1.54, 1.807) is 6.07 Å². The maximum absolute atomic E-state index is 8.90. The van der Waals surface area contributed by atoms with Gasteiger partial charge in [0.05, 0.1) is 11.6 Å². The average Bonchev–Trinajstić information content (AvgIpc) is 2.34. The Kier molecular flexibility index (Phi) is 3.73. The number of ether oxygens (including phenoxy) is 1. The molecule has 0 unspecified atom stereocenters. The fraction of sp³-hybridized carbons (Fsp3) is 0.200. The topological polar surface area (TPSA) is 45.9 Å². The third-order valence-electron chi connectivity index (χ3n) is 2.88. The third kappa shape index (κ3) is 3.04. The molecule has 0 aliphatic rings. The molecule has 1 aromatic carbocycles. The summed E-state index contributed by atoms with van der Waals surface area (Å²) >= 11 is 5.86. The van der Waals surface area contributed by atoms with Crippen LogP contribution >= 0.6 is 11.6 Å². The molecule has 0 aliphatic carbocycles. The van der Waals surface area contributed by atoms with E-state index in [2.05, 4.69) is 11.1 Å². The van der Waals surface area contributed by atoms with Crippen LogP contribution in [0.4, 0.5) is 0 Å². The molecule has 96 valence electrons. The summed E-state index contributed by atoms with van der Waals surface area (Å²) in [6.45, 7) is 6.02. The predicted molar refractivity (Wildman–Crippen MR) is 74.7 cm³/mol. The molecule has 0 aliphatic heterocycles. The number of rotatable bonds is 2. The first-order chi connectivity index (χ1) is 8.99. The molecular formula is C15H13ClN2O. The maximum Gasteiger partial charge on any atom is 0.221 e. The summed E-state index contributed by atoms with van der Waals surface area (Å²) in [5.41, 5.74) is 3.74. The number of hydrogen-bond donors (Lipinski definition) is 0. The Balaban J connectivity index is 2.42. The minimum Gasteiger partial charge on any atom is -0.439 e. The van der Waals surface area contributed by atoms with Gasteiger partial charge in [-0.3, -0.25) is 0 Å². The molecule has 0 atom stereocenters. The lowest BCUT2D eigenvalue weighted by molar-refractivity contribution is 0.458. The van der Waals surface area contributed by atoms with Gasteiger partial charge in [-0.1, -0.05) is 17.7 Å². The van der Waals surface area contributed by atoms with Gasteiger partial charge in [-0.15, -0.1) is 0 Å². The number of pyridine rings is 1. The first-order valence-electron chi connectivity index (χ1n) is 5.83. The van der Waals surface area contributed by atoms with Crippen LogP contribution in [0.1, 0.15) is 22.3 Å². The van der Waals surface area contributed by atoms with Crippen molar-refractivity contribution in [2.24, 2.45) is 0 Å². The first kappa shape index (κ1) is 13.4. The van der Waals surface area contributed by atoms with E-state index >= 15 is 0 Å². The standard InChI is InChI=1S/C15H13ClN2O/c1-9-4-10(2)11(3)13(5-9)19-15-7-12(8-17)6-14(16)18-15/h4-7H,1-3H3. The van der Waals surface area contributed by atoms with E-state index in [1.807, 2.05) is 32.9 Å². The SMILES string of the molecule is Cc1cc(C)c(C)c(Oc2cc(C#N)cc(Cl)n2)c1. The van der Waals surface area contributed by atoms with Gasteiger partial charge in [-0.25, -0.2) is 4.98 Å². The molecule has 1 aromatic heterocycles. The van der Waals surface area contributed by atoms with Gasteiger partial charge in [-0.2, -0.15) is 5.26 Å². The highest BCUT2D eigenvalue weighted by Crippen LogP contribution is 2.28. The molecule has 0 radical (unpaired) electrons. The predicted octanol–water partition coefficient (Wildman–Crippen LogP) is 4.32. The Morgan fingerprint density at radius 3 is 2.58 bits per heavy atom. The van der Waals surface area contributed by atoms with Crippen LogP contribution in [0.5, 0.6) is 11.6 Å². The third-order valence-corrected chi connectivity index (χ3v) is 3.07. The number of aromatic nitrogens is 1. The van der Waals surface area contributed by atoms with Crippen LogP contribution in [0.15, 0.2) is 24.3 Å². The summed E-state index contributed by atoms with van der Waals surface area (Å²) in [5, 5.41) is 9.15. The maximum atomic E-state index is 8.90. The molecule has 3 nitrogen and oxygen atoms in total. The number of benzene rings is 1. The molecule has 4 heteroatoms. The van der Waals surface area contributed by atoms with E-state index in [0.29, 0.717) is 11.4 Å². The average molecular weight is 273 g/mol. The Morgan fingerprint density at radius 2 is 1.89 bits per heavy atom. The summed E-state index contributed by atoms with van der Waals surface area (Å²) < 4.78 is 5.75. The summed E-state index contributed by atoms with van der Waals surface area (Å²) in [6, 6.07) is 9.14. The monoisotopic (exact) mass is 272 g/mol. The molecule has 0 saturated heterocycles. The highest BCUT2D eigenvalue weighted by molar-refractivity contribution is 6.29. The van der Waals surface area contributed by atoms with Crippen LogP contribution in [0.3, 0.4) is 0 Å². The van der Waals surface area contributed by atoms with E-state index in [0.717, 1.165) is 22.4 Å². The molecule has 19 heavy (non-hydrogen) atoms. The van der Waals surface area contributed by atoms with Crippen molar-refractivity contribution in [3.05, 3.63) is 51.7 Å². The van der Waals surface area contributed by atoms with Crippen LogP contribution in [0, 0.1) is 32.1 Å². The van der Waals surface area contributed by atoms with Crippen molar-refractivity contribution in [1.29, 1.82) is 5.26 Å². The fourth-order valence-corrected chi connectivity index (χ4v) is 2.01. The fourth-order valence-electron chi connectivity index (χ4n) is 1.81. The summed E-state index contributed by atoms with van der Waals surface area (Å²) in [5.74, 6) is 1.06. The lowest BCUT2D eigenvalue weighted by atomic mass is 10.1. The van der Waals surface area contributed by atoms with Crippen molar-refractivity contribution in [3.8, 4) is 17.7 Å². The van der Waals surface area contributed by atoms with Crippen molar-refractivity contribution in [3.63, 3.8) is 0 Å². The largest absolute Gasteiger partial charge is 0.439 e. The van der Waals surface area contributed by atoms with Crippen molar-refractivity contribution in [2.45, 2.75) is 20.8 Å². The van der Waals surface area contributed by atoms with E-state index in [-0.39, 0.29) is 5.15 Å². The summed E-state index contributed by atoms with van der Waals surface area (Å²) in [6.07, 6.45) is 0. The van der Waals surface area contributed by atoms with Gasteiger partial charge >= 0.3 is 0 Å². The molecule has 1 heterocycles. The van der Waals surface area contributed by atoms with Crippen molar-refractivity contribution in [2.75, 3.05) is 0 Å². The number of nitrogens with zero attached hydrogens (tertiary/aromatic N) is 2. The number of hydrogen-bond acceptors (Lipinski definition) is 3. The van der Waals surface area contributed by atoms with Crippen molar-refractivity contribution >= 4 is 11.6 Å². The summed E-state index contributed by atoms with van der Waals surface area (Å²) in [7, 11) is 0. The molecular weight excluding hydrogens is 260 g/mol. The zero-order valence-corrected chi connectivity index (χ0v) is 11.7. The van der Waals surface area contributed by atoms with Crippen molar-refractivity contribution < 1.29 is 4.74 Å². The minimum absolute atomic E-state index is 0.246. The molecule has 2 rings (SSSR count). The second-order valence-electron chi connectivity index (χ2n) is 4.44. The normalized spacial score (nSPS) is 10.1. The van der Waals surface area contributed by atoms with Gasteiger partial charge in [0, 0.05) is 6.07 Å². The smallest absolute Gasteiger partial charge is 0.221 e. The molecule has 2 aromatic rings. The Bertz CT molecular complexity index is 675. The second-order valence-corrected chi connectivity index (χ2v) is 4.82.